The van der Waals surface area contributed by atoms with Crippen molar-refractivity contribution in [3.05, 3.63) is 54.1 Å². The van der Waals surface area contributed by atoms with Gasteiger partial charge in [-0.3, -0.25) is 0 Å². The third kappa shape index (κ3) is 2.29. The molecule has 0 radical (unpaired) electrons. The van der Waals surface area contributed by atoms with E-state index in [0.717, 1.165) is 35.6 Å². The van der Waals surface area contributed by atoms with Crippen molar-refractivity contribution in [2.75, 3.05) is 18.0 Å². The standard InChI is InChI=1S/C18H16FN5/c19-14-3-4-16-15(5-14)18(23-10-22-16)24-8-13(9-24)17-20-6-12(7-21-17)11-1-2-11/h3-7,10-11,13H,1-2,8-9H2. The Morgan fingerprint density at radius 1 is 0.958 bits per heavy atom. The molecule has 0 unspecified atom stereocenters. The number of hydrogen-bond acceptors (Lipinski definition) is 5. The molecule has 0 spiro atoms. The SMILES string of the molecule is Fc1ccc2ncnc(N3CC(c4ncc(C5CC5)cn4)C3)c2c1. The fraction of sp³-hybridized carbons (Fsp3) is 0.333. The fourth-order valence-electron chi connectivity index (χ4n) is 3.27. The van der Waals surface area contributed by atoms with Gasteiger partial charge in [0.1, 0.15) is 23.8 Å². The number of nitrogens with zero attached hydrogens (tertiary/aromatic N) is 5. The van der Waals surface area contributed by atoms with Crippen molar-refractivity contribution < 1.29 is 4.39 Å². The highest BCUT2D eigenvalue weighted by atomic mass is 19.1. The molecule has 1 aromatic carbocycles. The van der Waals surface area contributed by atoms with Gasteiger partial charge in [-0.2, -0.15) is 0 Å². The lowest BCUT2D eigenvalue weighted by Crippen LogP contribution is -2.46. The molecule has 1 aliphatic carbocycles. The van der Waals surface area contributed by atoms with Crippen LogP contribution >= 0.6 is 0 Å². The van der Waals surface area contributed by atoms with Gasteiger partial charge in [0, 0.05) is 30.9 Å². The molecule has 0 atom stereocenters. The van der Waals surface area contributed by atoms with Crippen molar-refractivity contribution in [2.24, 2.45) is 0 Å². The summed E-state index contributed by atoms with van der Waals surface area (Å²) >= 11 is 0. The van der Waals surface area contributed by atoms with E-state index < -0.39 is 0 Å². The van der Waals surface area contributed by atoms with E-state index in [1.165, 1.54) is 36.9 Å². The molecule has 0 bridgehead atoms. The molecule has 3 aromatic rings. The van der Waals surface area contributed by atoms with E-state index in [0.29, 0.717) is 11.8 Å². The molecular formula is C18H16FN5. The minimum absolute atomic E-state index is 0.269. The average molecular weight is 321 g/mol. The van der Waals surface area contributed by atoms with Crippen LogP contribution in [0.15, 0.2) is 36.9 Å². The normalized spacial score (nSPS) is 18.0. The number of aromatic nitrogens is 4. The second-order valence-electron chi connectivity index (χ2n) is 6.61. The Morgan fingerprint density at radius 3 is 2.50 bits per heavy atom. The number of anilines is 1. The van der Waals surface area contributed by atoms with Gasteiger partial charge >= 0.3 is 0 Å². The molecule has 1 aliphatic heterocycles. The van der Waals surface area contributed by atoms with Gasteiger partial charge in [-0.05, 0) is 42.5 Å². The van der Waals surface area contributed by atoms with Crippen LogP contribution in [0.3, 0.4) is 0 Å². The fourth-order valence-corrected chi connectivity index (χ4v) is 3.27. The van der Waals surface area contributed by atoms with Crippen LogP contribution in [-0.4, -0.2) is 33.0 Å². The Bertz CT molecular complexity index is 901. The summed E-state index contributed by atoms with van der Waals surface area (Å²) in [7, 11) is 0. The van der Waals surface area contributed by atoms with Crippen LogP contribution in [0.4, 0.5) is 10.2 Å². The monoisotopic (exact) mass is 321 g/mol. The molecule has 2 aromatic heterocycles. The van der Waals surface area contributed by atoms with Gasteiger partial charge in [0.2, 0.25) is 0 Å². The zero-order valence-corrected chi connectivity index (χ0v) is 13.1. The summed E-state index contributed by atoms with van der Waals surface area (Å²) in [6, 6.07) is 4.61. The predicted octanol–water partition coefficient (Wildman–Crippen LogP) is 3.04. The summed E-state index contributed by atoms with van der Waals surface area (Å²) in [6.07, 6.45) is 7.99. The summed E-state index contributed by atoms with van der Waals surface area (Å²) in [6.45, 7) is 1.59. The van der Waals surface area contributed by atoms with E-state index >= 15 is 0 Å². The van der Waals surface area contributed by atoms with Gasteiger partial charge < -0.3 is 4.90 Å². The second-order valence-corrected chi connectivity index (χ2v) is 6.61. The second kappa shape index (κ2) is 5.19. The first kappa shape index (κ1) is 13.8. The number of benzene rings is 1. The lowest BCUT2D eigenvalue weighted by molar-refractivity contribution is 0.496. The molecule has 1 saturated carbocycles. The van der Waals surface area contributed by atoms with Crippen LogP contribution in [-0.2, 0) is 0 Å². The highest BCUT2D eigenvalue weighted by Gasteiger charge is 2.33. The summed E-state index contributed by atoms with van der Waals surface area (Å²) < 4.78 is 13.6. The van der Waals surface area contributed by atoms with E-state index in [1.807, 2.05) is 12.4 Å². The molecule has 5 nitrogen and oxygen atoms in total. The van der Waals surface area contributed by atoms with E-state index in [2.05, 4.69) is 24.8 Å². The molecule has 0 amide bonds. The summed E-state index contributed by atoms with van der Waals surface area (Å²) in [5.41, 5.74) is 2.02. The molecule has 24 heavy (non-hydrogen) atoms. The molecular weight excluding hydrogens is 305 g/mol. The van der Waals surface area contributed by atoms with Crippen LogP contribution in [0.1, 0.15) is 36.1 Å². The van der Waals surface area contributed by atoms with Crippen molar-refractivity contribution in [3.63, 3.8) is 0 Å². The van der Waals surface area contributed by atoms with Crippen LogP contribution in [0.25, 0.3) is 10.9 Å². The number of halogens is 1. The van der Waals surface area contributed by atoms with Gasteiger partial charge in [-0.25, -0.2) is 24.3 Å². The average Bonchev–Trinajstić information content (AvgIpc) is 3.39. The largest absolute Gasteiger partial charge is 0.354 e. The number of rotatable bonds is 3. The third-order valence-electron chi connectivity index (χ3n) is 4.86. The highest BCUT2D eigenvalue weighted by Crippen LogP contribution is 2.39. The quantitative estimate of drug-likeness (QED) is 0.742. The lowest BCUT2D eigenvalue weighted by Gasteiger charge is -2.39. The first-order valence-corrected chi connectivity index (χ1v) is 8.25. The minimum atomic E-state index is -0.269. The Kier molecular flexibility index (Phi) is 2.98. The first-order chi connectivity index (χ1) is 11.8. The topological polar surface area (TPSA) is 54.8 Å². The Balaban J connectivity index is 1.36. The van der Waals surface area contributed by atoms with E-state index in [1.54, 1.807) is 6.07 Å². The molecule has 3 heterocycles. The minimum Gasteiger partial charge on any atom is -0.354 e. The molecule has 0 N–H and O–H groups in total. The predicted molar refractivity (Wildman–Crippen MR) is 88.5 cm³/mol. The molecule has 2 aliphatic rings. The zero-order chi connectivity index (χ0) is 16.1. The van der Waals surface area contributed by atoms with Crippen LogP contribution in [0.2, 0.25) is 0 Å². The third-order valence-corrected chi connectivity index (χ3v) is 4.86. The van der Waals surface area contributed by atoms with Crippen molar-refractivity contribution in [1.82, 2.24) is 19.9 Å². The number of hydrogen-bond donors (Lipinski definition) is 0. The van der Waals surface area contributed by atoms with E-state index in [9.17, 15) is 4.39 Å². The maximum Gasteiger partial charge on any atom is 0.140 e. The van der Waals surface area contributed by atoms with Crippen LogP contribution in [0, 0.1) is 5.82 Å². The first-order valence-electron chi connectivity index (χ1n) is 8.25. The smallest absolute Gasteiger partial charge is 0.140 e. The zero-order valence-electron chi connectivity index (χ0n) is 13.1. The summed E-state index contributed by atoms with van der Waals surface area (Å²) in [5, 5.41) is 0.751. The molecule has 5 rings (SSSR count). The van der Waals surface area contributed by atoms with Gasteiger partial charge in [-0.1, -0.05) is 0 Å². The van der Waals surface area contributed by atoms with Gasteiger partial charge in [0.25, 0.3) is 0 Å². The van der Waals surface area contributed by atoms with Crippen molar-refractivity contribution in [3.8, 4) is 0 Å². The van der Waals surface area contributed by atoms with Crippen LogP contribution in [0.5, 0.6) is 0 Å². The van der Waals surface area contributed by atoms with Crippen molar-refractivity contribution in [2.45, 2.75) is 24.7 Å². The molecule has 2 fully saturated rings. The summed E-state index contributed by atoms with van der Waals surface area (Å²) in [5.74, 6) is 2.39. The molecule has 6 heteroatoms. The highest BCUT2D eigenvalue weighted by molar-refractivity contribution is 5.89. The van der Waals surface area contributed by atoms with Gasteiger partial charge in [0.05, 0.1) is 11.4 Å². The van der Waals surface area contributed by atoms with Crippen molar-refractivity contribution >= 4 is 16.7 Å². The number of fused-ring (bicyclic) bond motifs is 1. The molecule has 120 valence electrons. The van der Waals surface area contributed by atoms with Gasteiger partial charge in [-0.15, -0.1) is 0 Å². The maximum atomic E-state index is 13.6. The van der Waals surface area contributed by atoms with Gasteiger partial charge in [0.15, 0.2) is 0 Å². The lowest BCUT2D eigenvalue weighted by atomic mass is 9.98. The van der Waals surface area contributed by atoms with E-state index in [4.69, 9.17) is 0 Å². The Hall–Kier alpha value is -2.63. The van der Waals surface area contributed by atoms with Crippen molar-refractivity contribution in [1.29, 1.82) is 0 Å². The van der Waals surface area contributed by atoms with E-state index in [-0.39, 0.29) is 5.82 Å². The van der Waals surface area contributed by atoms with Crippen LogP contribution < -0.4 is 4.90 Å². The Labute approximate surface area is 138 Å². The maximum absolute atomic E-state index is 13.6. The summed E-state index contributed by atoms with van der Waals surface area (Å²) in [4.78, 5) is 19.8. The molecule has 1 saturated heterocycles. The Morgan fingerprint density at radius 2 is 1.75 bits per heavy atom.